The van der Waals surface area contributed by atoms with Gasteiger partial charge in [0.25, 0.3) is 11.8 Å². The highest BCUT2D eigenvalue weighted by Crippen LogP contribution is 2.40. The lowest BCUT2D eigenvalue weighted by Gasteiger charge is -2.33. The molecular weight excluding hydrogens is 390 g/mol. The highest BCUT2D eigenvalue weighted by atomic mass is 16.5. The summed E-state index contributed by atoms with van der Waals surface area (Å²) in [7, 11) is 0. The maximum atomic E-state index is 13.1. The molecule has 3 aliphatic heterocycles. The summed E-state index contributed by atoms with van der Waals surface area (Å²) in [4.78, 5) is 52.7. The van der Waals surface area contributed by atoms with Crippen LogP contribution in [0.5, 0.6) is 5.75 Å². The van der Waals surface area contributed by atoms with Crippen LogP contribution < -0.4 is 10.1 Å². The first-order valence-electron chi connectivity index (χ1n) is 10.2. The van der Waals surface area contributed by atoms with Crippen molar-refractivity contribution >= 4 is 23.8 Å². The topological polar surface area (TPSA) is 105 Å². The van der Waals surface area contributed by atoms with Crippen LogP contribution >= 0.6 is 0 Å². The number of hydrogen-bond donors (Lipinski definition) is 1. The standard InChI is InChI=1S/C21H25N3O6/c1-14-5-4-9-23(11-14)17(25)13-30-18(26)12-24-19(27)21(22-20(24)28)8-10-29-16-7-3-2-6-15(16)21/h2-3,6-7,14H,4-5,8-13H2,1H3,(H,22,28)/t14-,21+/m0/s1. The minimum atomic E-state index is -1.24. The lowest BCUT2D eigenvalue weighted by Crippen LogP contribution is -2.48. The summed E-state index contributed by atoms with van der Waals surface area (Å²) in [6.07, 6.45) is 2.27. The second-order valence-corrected chi connectivity index (χ2v) is 8.07. The van der Waals surface area contributed by atoms with Crippen LogP contribution in [-0.4, -0.2) is 66.5 Å². The van der Waals surface area contributed by atoms with Crippen LogP contribution in [0.1, 0.15) is 31.7 Å². The van der Waals surface area contributed by atoms with E-state index in [1.54, 1.807) is 29.2 Å². The Balaban J connectivity index is 1.38. The van der Waals surface area contributed by atoms with Crippen LogP contribution in [0.25, 0.3) is 0 Å². The van der Waals surface area contributed by atoms with E-state index in [0.29, 0.717) is 30.3 Å². The van der Waals surface area contributed by atoms with Crippen LogP contribution in [0, 0.1) is 5.92 Å². The molecule has 9 heteroatoms. The minimum Gasteiger partial charge on any atom is -0.493 e. The van der Waals surface area contributed by atoms with Crippen LogP contribution in [0.15, 0.2) is 24.3 Å². The molecule has 1 aromatic carbocycles. The SMILES string of the molecule is C[C@H]1CCCN(C(=O)COC(=O)CN2C(=O)N[C@@]3(CCOc4ccccc43)C2=O)C1. The number of nitrogens with one attached hydrogen (secondary N) is 1. The lowest BCUT2D eigenvalue weighted by molar-refractivity contribution is -0.154. The summed E-state index contributed by atoms with van der Waals surface area (Å²) in [6.45, 7) is 2.71. The van der Waals surface area contributed by atoms with Gasteiger partial charge >= 0.3 is 12.0 Å². The number of carbonyl (C=O) groups excluding carboxylic acids is 4. The number of esters is 1. The Hall–Kier alpha value is -3.10. The van der Waals surface area contributed by atoms with Crippen LogP contribution in [0.2, 0.25) is 0 Å². The quantitative estimate of drug-likeness (QED) is 0.581. The number of carbonyl (C=O) groups is 4. The van der Waals surface area contributed by atoms with Gasteiger partial charge in [0.1, 0.15) is 12.3 Å². The maximum absolute atomic E-state index is 13.1. The van der Waals surface area contributed by atoms with Crippen molar-refractivity contribution in [3.63, 3.8) is 0 Å². The Labute approximate surface area is 174 Å². The molecule has 0 saturated carbocycles. The van der Waals surface area contributed by atoms with Gasteiger partial charge < -0.3 is 19.7 Å². The van der Waals surface area contributed by atoms with Crippen LogP contribution in [0.3, 0.4) is 0 Å². The largest absolute Gasteiger partial charge is 0.493 e. The Morgan fingerprint density at radius 2 is 2.10 bits per heavy atom. The van der Waals surface area contributed by atoms with Gasteiger partial charge in [-0.05, 0) is 24.8 Å². The molecule has 1 aromatic rings. The van der Waals surface area contributed by atoms with E-state index in [1.807, 2.05) is 0 Å². The van der Waals surface area contributed by atoms with Gasteiger partial charge in [-0.15, -0.1) is 0 Å². The van der Waals surface area contributed by atoms with E-state index in [9.17, 15) is 19.2 Å². The van der Waals surface area contributed by atoms with Gasteiger partial charge in [0.2, 0.25) is 0 Å². The van der Waals surface area contributed by atoms with Gasteiger partial charge in [0.15, 0.2) is 12.1 Å². The summed E-state index contributed by atoms with van der Waals surface area (Å²) in [5.74, 6) is -0.626. The highest BCUT2D eigenvalue weighted by Gasteiger charge is 2.55. The molecule has 2 atom stereocenters. The molecule has 0 aliphatic carbocycles. The predicted molar refractivity (Wildman–Crippen MR) is 104 cm³/mol. The van der Waals surface area contributed by atoms with E-state index < -0.39 is 36.6 Å². The number of piperidine rings is 1. The Bertz CT molecular complexity index is 887. The Morgan fingerprint density at radius 1 is 1.30 bits per heavy atom. The zero-order valence-electron chi connectivity index (χ0n) is 16.9. The molecule has 1 N–H and O–H groups in total. The van der Waals surface area contributed by atoms with Crippen molar-refractivity contribution in [2.24, 2.45) is 5.92 Å². The molecule has 30 heavy (non-hydrogen) atoms. The number of hydrogen-bond acceptors (Lipinski definition) is 6. The number of rotatable bonds is 4. The molecule has 2 fully saturated rings. The number of para-hydroxylation sites is 1. The average molecular weight is 415 g/mol. The maximum Gasteiger partial charge on any atom is 0.326 e. The van der Waals surface area contributed by atoms with Crippen molar-refractivity contribution in [1.82, 2.24) is 15.1 Å². The molecule has 2 saturated heterocycles. The lowest BCUT2D eigenvalue weighted by atomic mass is 9.84. The third kappa shape index (κ3) is 3.59. The molecule has 0 unspecified atom stereocenters. The van der Waals surface area contributed by atoms with E-state index in [-0.39, 0.29) is 18.9 Å². The highest BCUT2D eigenvalue weighted by molar-refractivity contribution is 6.09. The first kappa shape index (κ1) is 20.2. The van der Waals surface area contributed by atoms with Crippen molar-refractivity contribution in [1.29, 1.82) is 0 Å². The number of urea groups is 1. The van der Waals surface area contributed by atoms with Crippen LogP contribution in [-0.2, 0) is 24.7 Å². The van der Waals surface area contributed by atoms with E-state index in [4.69, 9.17) is 9.47 Å². The van der Waals surface area contributed by atoms with Crippen molar-refractivity contribution in [3.8, 4) is 5.75 Å². The number of benzene rings is 1. The van der Waals surface area contributed by atoms with Crippen molar-refractivity contribution < 1.29 is 28.7 Å². The average Bonchev–Trinajstić information content (AvgIpc) is 2.97. The number of ether oxygens (including phenoxy) is 2. The normalized spacial score (nSPS) is 25.6. The third-order valence-electron chi connectivity index (χ3n) is 5.91. The fourth-order valence-electron chi connectivity index (χ4n) is 4.34. The first-order valence-corrected chi connectivity index (χ1v) is 10.2. The Kier molecular flexibility index (Phi) is 5.36. The molecule has 9 nitrogen and oxygen atoms in total. The number of imide groups is 1. The van der Waals surface area contributed by atoms with Crippen molar-refractivity contribution in [2.75, 3.05) is 32.8 Å². The molecule has 0 radical (unpaired) electrons. The minimum absolute atomic E-state index is 0.262. The number of nitrogens with zero attached hydrogens (tertiary/aromatic N) is 2. The van der Waals surface area contributed by atoms with Gasteiger partial charge in [-0.3, -0.25) is 19.3 Å². The fraction of sp³-hybridized carbons (Fsp3) is 0.524. The summed E-state index contributed by atoms with van der Waals surface area (Å²) in [5, 5.41) is 2.73. The predicted octanol–water partition coefficient (Wildman–Crippen LogP) is 1.02. The number of fused-ring (bicyclic) bond motifs is 2. The smallest absolute Gasteiger partial charge is 0.326 e. The number of likely N-dealkylation sites (tertiary alicyclic amines) is 1. The molecule has 3 heterocycles. The molecule has 0 aromatic heterocycles. The second kappa shape index (κ2) is 7.97. The first-order chi connectivity index (χ1) is 14.4. The van der Waals surface area contributed by atoms with Gasteiger partial charge in [0.05, 0.1) is 6.61 Å². The summed E-state index contributed by atoms with van der Waals surface area (Å²) >= 11 is 0. The van der Waals surface area contributed by atoms with Crippen LogP contribution in [0.4, 0.5) is 4.79 Å². The third-order valence-corrected chi connectivity index (χ3v) is 5.91. The molecule has 4 rings (SSSR count). The zero-order valence-corrected chi connectivity index (χ0v) is 16.9. The van der Waals surface area contributed by atoms with E-state index in [0.717, 1.165) is 17.7 Å². The molecule has 1 spiro atoms. The molecule has 0 bridgehead atoms. The van der Waals surface area contributed by atoms with Crippen molar-refractivity contribution in [2.45, 2.75) is 31.7 Å². The second-order valence-electron chi connectivity index (χ2n) is 8.07. The fourth-order valence-corrected chi connectivity index (χ4v) is 4.34. The van der Waals surface area contributed by atoms with E-state index in [2.05, 4.69) is 12.2 Å². The summed E-state index contributed by atoms with van der Waals surface area (Å²) in [6, 6.07) is 6.35. The van der Waals surface area contributed by atoms with E-state index in [1.165, 1.54) is 0 Å². The van der Waals surface area contributed by atoms with Gasteiger partial charge in [-0.25, -0.2) is 4.79 Å². The number of amides is 4. The molecule has 160 valence electrons. The van der Waals surface area contributed by atoms with Gasteiger partial charge in [-0.2, -0.15) is 0 Å². The van der Waals surface area contributed by atoms with E-state index >= 15 is 0 Å². The summed E-state index contributed by atoms with van der Waals surface area (Å²) < 4.78 is 10.7. The van der Waals surface area contributed by atoms with Gasteiger partial charge in [-0.1, -0.05) is 25.1 Å². The molecule has 3 aliphatic rings. The monoisotopic (exact) mass is 415 g/mol. The van der Waals surface area contributed by atoms with Gasteiger partial charge in [0, 0.05) is 25.1 Å². The molecule has 4 amide bonds. The zero-order chi connectivity index (χ0) is 21.3. The Morgan fingerprint density at radius 3 is 2.90 bits per heavy atom. The van der Waals surface area contributed by atoms with Crippen molar-refractivity contribution in [3.05, 3.63) is 29.8 Å². The summed E-state index contributed by atoms with van der Waals surface area (Å²) in [5.41, 5.74) is -0.675. The molecular formula is C21H25N3O6.